The number of nitrogens with zero attached hydrogens (tertiary/aromatic N) is 5. The van der Waals surface area contributed by atoms with Gasteiger partial charge in [0, 0.05) is 18.7 Å². The number of imidazole rings is 1. The minimum atomic E-state index is -5.39. The highest BCUT2D eigenvalue weighted by Gasteiger charge is 2.47. The fourth-order valence-corrected chi connectivity index (χ4v) is 6.75. The standard InChI is InChI=1S/C19H25N7O14P2/c20-16-13-17(22-6-21-16)26(7-23-13)18-15(30)14(29)10(38-18)5-36-41(32,33)40-42(34,35)39-8-3-12(37-9(8)4-27)25-2-1-11(28)24-19(25)31/h1-2,6-10,12,14-15,18,27,29-30H,3-5H2,(H,32,33)(H,34,35)(H2,20,21,22)(H,24,28,31)/t8-,9+,10+,12+,14+,15+,18+/m0/s1. The molecule has 0 saturated carbocycles. The van der Waals surface area contributed by atoms with Crippen LogP contribution in [0.5, 0.6) is 0 Å². The second-order valence-electron chi connectivity index (χ2n) is 9.15. The molecule has 23 heteroatoms. The number of fused-ring (bicyclic) bond motifs is 1. The fraction of sp³-hybridized carbons (Fsp3) is 0.526. The molecule has 0 amide bonds. The molecule has 9 atom stereocenters. The van der Waals surface area contributed by atoms with Gasteiger partial charge in [-0.1, -0.05) is 0 Å². The highest BCUT2D eigenvalue weighted by molar-refractivity contribution is 7.61. The number of nitrogens with one attached hydrogen (secondary N) is 1. The number of aromatic amines is 1. The third-order valence-corrected chi connectivity index (χ3v) is 9.06. The Morgan fingerprint density at radius 1 is 1.07 bits per heavy atom. The molecule has 2 saturated heterocycles. The van der Waals surface area contributed by atoms with Gasteiger partial charge in [0.05, 0.1) is 19.5 Å². The van der Waals surface area contributed by atoms with Gasteiger partial charge in [-0.2, -0.15) is 4.31 Å². The number of aliphatic hydroxyl groups is 3. The van der Waals surface area contributed by atoms with E-state index in [2.05, 4.69) is 19.3 Å². The van der Waals surface area contributed by atoms with Gasteiger partial charge in [-0.3, -0.25) is 28.0 Å². The third kappa shape index (κ3) is 6.23. The molecule has 2 unspecified atom stereocenters. The van der Waals surface area contributed by atoms with Gasteiger partial charge in [0.25, 0.3) is 5.56 Å². The first-order valence-corrected chi connectivity index (χ1v) is 15.0. The van der Waals surface area contributed by atoms with E-state index < -0.39 is 83.1 Å². The molecule has 3 aromatic heterocycles. The molecule has 0 bridgehead atoms. The van der Waals surface area contributed by atoms with Crippen molar-refractivity contribution >= 4 is 32.6 Å². The van der Waals surface area contributed by atoms with E-state index in [0.29, 0.717) is 0 Å². The molecule has 42 heavy (non-hydrogen) atoms. The van der Waals surface area contributed by atoms with Crippen LogP contribution in [0.25, 0.3) is 11.2 Å². The lowest BCUT2D eigenvalue weighted by atomic mass is 10.1. The smallest absolute Gasteiger partial charge is 0.394 e. The zero-order valence-corrected chi connectivity index (χ0v) is 22.9. The first-order valence-electron chi connectivity index (χ1n) is 12.0. The van der Waals surface area contributed by atoms with Crippen LogP contribution in [0.4, 0.5) is 5.82 Å². The summed E-state index contributed by atoms with van der Waals surface area (Å²) in [5.41, 5.74) is 4.57. The second kappa shape index (κ2) is 11.6. The first kappa shape index (κ1) is 30.5. The molecule has 0 radical (unpaired) electrons. The van der Waals surface area contributed by atoms with Crippen LogP contribution in [0, 0.1) is 0 Å². The summed E-state index contributed by atoms with van der Waals surface area (Å²) in [5, 5.41) is 30.5. The number of aliphatic hydroxyl groups excluding tert-OH is 3. The topological polar surface area (TPSA) is 306 Å². The SMILES string of the molecule is Nc1ncnc2c1ncn2[C@@H]1O[C@H](COP(=O)(O)OP(=O)(O)O[C@H]2C[C@H](n3ccc(=O)[nH]c3=O)O[C@@H]2CO)[C@@H](O)[C@H]1O. The Labute approximate surface area is 233 Å². The molecule has 0 spiro atoms. The maximum Gasteiger partial charge on any atom is 0.481 e. The van der Waals surface area contributed by atoms with E-state index in [9.17, 15) is 43.8 Å². The lowest BCUT2D eigenvalue weighted by Gasteiger charge is -2.22. The summed E-state index contributed by atoms with van der Waals surface area (Å²) in [6, 6.07) is 1.03. The Morgan fingerprint density at radius 3 is 2.55 bits per heavy atom. The van der Waals surface area contributed by atoms with Gasteiger partial charge in [-0.25, -0.2) is 28.9 Å². The summed E-state index contributed by atoms with van der Waals surface area (Å²) in [4.78, 5) is 57.4. The number of hydrogen-bond donors (Lipinski definition) is 7. The average Bonchev–Trinajstić information content (AvgIpc) is 3.59. The van der Waals surface area contributed by atoms with Crippen molar-refractivity contribution in [3.05, 3.63) is 45.8 Å². The van der Waals surface area contributed by atoms with Crippen molar-refractivity contribution in [1.82, 2.24) is 29.1 Å². The Balaban J connectivity index is 1.20. The van der Waals surface area contributed by atoms with Crippen LogP contribution in [-0.4, -0.2) is 97.9 Å². The number of nitrogen functional groups attached to an aromatic ring is 1. The van der Waals surface area contributed by atoms with Crippen LogP contribution < -0.4 is 17.0 Å². The largest absolute Gasteiger partial charge is 0.481 e. The zero-order valence-electron chi connectivity index (χ0n) is 21.1. The molecule has 2 fully saturated rings. The van der Waals surface area contributed by atoms with Crippen LogP contribution in [-0.2, 0) is 32.0 Å². The lowest BCUT2D eigenvalue weighted by molar-refractivity contribution is -0.0516. The minimum absolute atomic E-state index is 0.0519. The monoisotopic (exact) mass is 637 g/mol. The molecule has 8 N–H and O–H groups in total. The Bertz CT molecular complexity index is 1660. The highest BCUT2D eigenvalue weighted by atomic mass is 31.3. The second-order valence-corrected chi connectivity index (χ2v) is 12.1. The van der Waals surface area contributed by atoms with Crippen molar-refractivity contribution < 1.29 is 57.1 Å². The predicted molar refractivity (Wildman–Crippen MR) is 134 cm³/mol. The lowest BCUT2D eigenvalue weighted by Crippen LogP contribution is -2.33. The predicted octanol–water partition coefficient (Wildman–Crippen LogP) is -2.52. The summed E-state index contributed by atoms with van der Waals surface area (Å²) >= 11 is 0. The number of aromatic nitrogens is 6. The maximum atomic E-state index is 12.6. The van der Waals surface area contributed by atoms with E-state index in [1.807, 2.05) is 4.98 Å². The number of hydrogen-bond acceptors (Lipinski definition) is 16. The van der Waals surface area contributed by atoms with Crippen LogP contribution in [0.3, 0.4) is 0 Å². The number of ether oxygens (including phenoxy) is 2. The van der Waals surface area contributed by atoms with E-state index in [0.717, 1.165) is 23.2 Å². The van der Waals surface area contributed by atoms with Crippen molar-refractivity contribution in [1.29, 1.82) is 0 Å². The molecule has 3 aromatic rings. The quantitative estimate of drug-likeness (QED) is 0.113. The molecule has 5 rings (SSSR count). The fourth-order valence-electron chi connectivity index (χ4n) is 4.47. The number of anilines is 1. The molecule has 21 nitrogen and oxygen atoms in total. The van der Waals surface area contributed by atoms with E-state index >= 15 is 0 Å². The van der Waals surface area contributed by atoms with Crippen LogP contribution in [0.15, 0.2) is 34.5 Å². The van der Waals surface area contributed by atoms with Gasteiger partial charge in [0.15, 0.2) is 17.7 Å². The van der Waals surface area contributed by atoms with E-state index in [1.165, 1.54) is 10.9 Å². The third-order valence-electron chi connectivity index (χ3n) is 6.40. The first-order chi connectivity index (χ1) is 19.8. The molecule has 2 aliphatic rings. The van der Waals surface area contributed by atoms with Gasteiger partial charge < -0.3 is 40.3 Å². The van der Waals surface area contributed by atoms with Crippen molar-refractivity contribution in [3.63, 3.8) is 0 Å². The van der Waals surface area contributed by atoms with Crippen molar-refractivity contribution in [3.8, 4) is 0 Å². The minimum Gasteiger partial charge on any atom is -0.394 e. The number of nitrogens with two attached hydrogens (primary N) is 1. The maximum absolute atomic E-state index is 12.6. The van der Waals surface area contributed by atoms with Gasteiger partial charge >= 0.3 is 21.3 Å². The van der Waals surface area contributed by atoms with Gasteiger partial charge in [0.1, 0.15) is 48.6 Å². The van der Waals surface area contributed by atoms with Gasteiger partial charge in [-0.05, 0) is 0 Å². The van der Waals surface area contributed by atoms with Crippen molar-refractivity contribution in [2.75, 3.05) is 18.9 Å². The molecule has 5 heterocycles. The number of H-pyrrole nitrogens is 1. The van der Waals surface area contributed by atoms with Crippen molar-refractivity contribution in [2.24, 2.45) is 0 Å². The van der Waals surface area contributed by atoms with E-state index in [1.54, 1.807) is 0 Å². The number of rotatable bonds is 10. The van der Waals surface area contributed by atoms with Gasteiger partial charge in [0.2, 0.25) is 0 Å². The Kier molecular flexibility index (Phi) is 8.47. The van der Waals surface area contributed by atoms with E-state index in [4.69, 9.17) is 24.3 Å². The summed E-state index contributed by atoms with van der Waals surface area (Å²) in [7, 11) is -10.8. The summed E-state index contributed by atoms with van der Waals surface area (Å²) in [6.07, 6.45) is -6.58. The summed E-state index contributed by atoms with van der Waals surface area (Å²) in [5.74, 6) is 0.0519. The zero-order chi connectivity index (χ0) is 30.4. The Morgan fingerprint density at radius 2 is 1.83 bits per heavy atom. The summed E-state index contributed by atoms with van der Waals surface area (Å²) in [6.45, 7) is -1.63. The molecule has 230 valence electrons. The molecule has 0 aromatic carbocycles. The van der Waals surface area contributed by atoms with Crippen molar-refractivity contribution in [2.45, 2.75) is 49.4 Å². The summed E-state index contributed by atoms with van der Waals surface area (Å²) < 4.78 is 52.2. The molecular formula is C19H25N7O14P2. The Hall–Kier alpha value is -2.91. The average molecular weight is 637 g/mol. The van der Waals surface area contributed by atoms with Gasteiger partial charge in [-0.15, -0.1) is 0 Å². The number of phosphoric acid groups is 2. The van der Waals surface area contributed by atoms with Crippen LogP contribution in [0.2, 0.25) is 0 Å². The number of phosphoric ester groups is 2. The van der Waals surface area contributed by atoms with E-state index in [-0.39, 0.29) is 23.4 Å². The highest BCUT2D eigenvalue weighted by Crippen LogP contribution is 2.62. The molecule has 0 aliphatic carbocycles. The molecular weight excluding hydrogens is 612 g/mol. The normalized spacial score (nSPS) is 30.8. The van der Waals surface area contributed by atoms with Crippen LogP contribution in [0.1, 0.15) is 18.9 Å². The molecule has 2 aliphatic heterocycles. The van der Waals surface area contributed by atoms with Crippen LogP contribution >= 0.6 is 15.6 Å².